The molecule has 0 saturated carbocycles. The molecular formula is C36H36S. The molecular weight excluding hydrogens is 464 g/mol. The van der Waals surface area contributed by atoms with Crippen LogP contribution in [0.1, 0.15) is 51.6 Å². The molecule has 0 aliphatic heterocycles. The quantitative estimate of drug-likeness (QED) is 0.262. The van der Waals surface area contributed by atoms with Gasteiger partial charge < -0.3 is 0 Å². The molecule has 0 amide bonds. The van der Waals surface area contributed by atoms with Crippen LogP contribution in [0.2, 0.25) is 0 Å². The topological polar surface area (TPSA) is 0 Å². The van der Waals surface area contributed by atoms with Crippen LogP contribution in [-0.2, 0) is 6.42 Å². The molecule has 6 rings (SSSR count). The third kappa shape index (κ3) is 4.14. The number of fused-ring (bicyclic) bond motifs is 3. The first kappa shape index (κ1) is 24.2. The highest BCUT2D eigenvalue weighted by Gasteiger charge is 2.22. The zero-order valence-corrected chi connectivity index (χ0v) is 23.7. The van der Waals surface area contributed by atoms with E-state index in [4.69, 9.17) is 0 Å². The van der Waals surface area contributed by atoms with Crippen molar-refractivity contribution in [1.82, 2.24) is 0 Å². The molecule has 2 atom stereocenters. The molecule has 1 heterocycles. The van der Waals surface area contributed by atoms with Crippen molar-refractivity contribution in [2.45, 2.75) is 54.4 Å². The summed E-state index contributed by atoms with van der Waals surface area (Å²) in [5, 5.41) is 1.40. The average Bonchev–Trinajstić information content (AvgIpc) is 3.29. The van der Waals surface area contributed by atoms with Crippen LogP contribution in [0.15, 0.2) is 72.3 Å². The van der Waals surface area contributed by atoms with Crippen LogP contribution in [0, 0.1) is 46.5 Å². The van der Waals surface area contributed by atoms with E-state index in [1.165, 1.54) is 82.6 Å². The maximum Gasteiger partial charge on any atom is 0.0352 e. The van der Waals surface area contributed by atoms with Gasteiger partial charge in [0.05, 0.1) is 0 Å². The van der Waals surface area contributed by atoms with E-state index in [1.807, 2.05) is 11.3 Å². The molecule has 0 radical (unpaired) electrons. The maximum atomic E-state index is 2.45. The Morgan fingerprint density at radius 1 is 0.703 bits per heavy atom. The predicted molar refractivity (Wildman–Crippen MR) is 164 cm³/mol. The average molecular weight is 501 g/mol. The van der Waals surface area contributed by atoms with Crippen LogP contribution in [0.4, 0.5) is 0 Å². The van der Waals surface area contributed by atoms with Crippen LogP contribution in [0.5, 0.6) is 0 Å². The van der Waals surface area contributed by atoms with Crippen molar-refractivity contribution in [3.63, 3.8) is 0 Å². The Morgan fingerprint density at radius 2 is 1.35 bits per heavy atom. The Hall–Kier alpha value is -3.16. The molecule has 0 fully saturated rings. The van der Waals surface area contributed by atoms with Gasteiger partial charge in [0.15, 0.2) is 0 Å². The molecule has 3 aromatic carbocycles. The van der Waals surface area contributed by atoms with Gasteiger partial charge in [0.1, 0.15) is 0 Å². The molecule has 0 nitrogen and oxygen atoms in total. The summed E-state index contributed by atoms with van der Waals surface area (Å²) >= 11 is 1.98. The van der Waals surface area contributed by atoms with Crippen LogP contribution >= 0.6 is 11.3 Å². The van der Waals surface area contributed by atoms with Gasteiger partial charge in [0, 0.05) is 20.9 Å². The van der Waals surface area contributed by atoms with Crippen molar-refractivity contribution in [2.24, 2.45) is 11.8 Å². The summed E-state index contributed by atoms with van der Waals surface area (Å²) in [5.74, 6) is 1.18. The minimum atomic E-state index is 0.511. The summed E-state index contributed by atoms with van der Waals surface area (Å²) in [5.41, 5.74) is 15.3. The fraction of sp³-hybridized carbons (Fsp3) is 0.278. The summed E-state index contributed by atoms with van der Waals surface area (Å²) in [6.07, 6.45) is 14.3. The van der Waals surface area contributed by atoms with E-state index in [9.17, 15) is 0 Å². The Morgan fingerprint density at radius 3 is 2.03 bits per heavy atom. The lowest BCUT2D eigenvalue weighted by molar-refractivity contribution is 0.696. The van der Waals surface area contributed by atoms with Gasteiger partial charge in [-0.25, -0.2) is 0 Å². The molecule has 0 bridgehead atoms. The van der Waals surface area contributed by atoms with Crippen molar-refractivity contribution in [2.75, 3.05) is 0 Å². The Bertz CT molecular complexity index is 1590. The monoisotopic (exact) mass is 500 g/mol. The molecule has 37 heavy (non-hydrogen) atoms. The van der Waals surface area contributed by atoms with E-state index in [-0.39, 0.29) is 0 Å². The molecule has 2 unspecified atom stereocenters. The van der Waals surface area contributed by atoms with Gasteiger partial charge in [0.25, 0.3) is 0 Å². The molecule has 0 saturated heterocycles. The normalized spacial score (nSPS) is 18.8. The number of thiophene rings is 1. The minimum absolute atomic E-state index is 0.511. The summed E-state index contributed by atoms with van der Waals surface area (Å²) in [4.78, 5) is 1.53. The second-order valence-electron chi connectivity index (χ2n) is 11.2. The summed E-state index contributed by atoms with van der Waals surface area (Å²) in [6.45, 7) is 13.6. The van der Waals surface area contributed by atoms with Crippen molar-refractivity contribution >= 4 is 27.5 Å². The van der Waals surface area contributed by atoms with Crippen molar-refractivity contribution in [3.8, 4) is 22.3 Å². The first-order valence-corrected chi connectivity index (χ1v) is 14.4. The largest absolute Gasteiger partial charge is 0.140 e. The van der Waals surface area contributed by atoms with Gasteiger partial charge in [-0.3, -0.25) is 0 Å². The Labute approximate surface area is 226 Å². The van der Waals surface area contributed by atoms with Crippen LogP contribution in [0.25, 0.3) is 38.4 Å². The first-order valence-electron chi connectivity index (χ1n) is 13.6. The highest BCUT2D eigenvalue weighted by Crippen LogP contribution is 2.41. The van der Waals surface area contributed by atoms with Gasteiger partial charge in [-0.2, -0.15) is 0 Å². The third-order valence-electron chi connectivity index (χ3n) is 8.98. The minimum Gasteiger partial charge on any atom is -0.140 e. The van der Waals surface area contributed by atoms with Crippen molar-refractivity contribution < 1.29 is 0 Å². The summed E-state index contributed by atoms with van der Waals surface area (Å²) in [7, 11) is 0. The van der Waals surface area contributed by atoms with Crippen LogP contribution in [0.3, 0.4) is 0 Å². The molecule has 186 valence electrons. The number of hydrogen-bond donors (Lipinski definition) is 0. The lowest BCUT2D eigenvalue weighted by atomic mass is 9.84. The Balaban J connectivity index is 1.32. The van der Waals surface area contributed by atoms with Gasteiger partial charge >= 0.3 is 0 Å². The van der Waals surface area contributed by atoms with E-state index in [0.717, 1.165) is 6.42 Å². The Kier molecular flexibility index (Phi) is 6.08. The molecule has 2 aliphatic rings. The van der Waals surface area contributed by atoms with E-state index in [0.29, 0.717) is 11.8 Å². The highest BCUT2D eigenvalue weighted by atomic mass is 32.1. The molecule has 0 N–H and O–H groups in total. The second kappa shape index (κ2) is 9.30. The zero-order valence-electron chi connectivity index (χ0n) is 22.9. The maximum absolute atomic E-state index is 2.45. The van der Waals surface area contributed by atoms with E-state index in [2.05, 4.69) is 114 Å². The van der Waals surface area contributed by atoms with E-state index >= 15 is 0 Å². The number of allylic oxidation sites excluding steroid dienone is 5. The molecule has 1 aromatic heterocycles. The lowest BCUT2D eigenvalue weighted by Crippen LogP contribution is -2.09. The van der Waals surface area contributed by atoms with Gasteiger partial charge in [-0.1, -0.05) is 67.6 Å². The predicted octanol–water partition coefficient (Wildman–Crippen LogP) is 10.5. The molecule has 4 aromatic rings. The lowest BCUT2D eigenvalue weighted by Gasteiger charge is -2.21. The zero-order chi connectivity index (χ0) is 25.8. The second-order valence-corrected chi connectivity index (χ2v) is 12.3. The van der Waals surface area contributed by atoms with Crippen LogP contribution < -0.4 is 0 Å². The molecule has 2 aliphatic carbocycles. The standard InChI is InChI=1S/C36H36S/c1-21-7-9-27(10-8-21)31-15-17-32-33-19-30(16-18-34(33)37-35(32)20-31)28-11-13-29(14-12-28)36-25(5)23(3)22(2)24(4)26(36)6/h7,9-19,21,31H,8,20H2,1-6H3. The number of rotatable bonds is 3. The fourth-order valence-electron chi connectivity index (χ4n) is 6.17. The highest BCUT2D eigenvalue weighted by molar-refractivity contribution is 7.19. The number of hydrogen-bond acceptors (Lipinski definition) is 1. The van der Waals surface area contributed by atoms with Gasteiger partial charge in [-0.05, 0) is 127 Å². The van der Waals surface area contributed by atoms with E-state index in [1.54, 1.807) is 0 Å². The summed E-state index contributed by atoms with van der Waals surface area (Å²) in [6, 6.07) is 16.2. The van der Waals surface area contributed by atoms with Crippen molar-refractivity contribution in [1.29, 1.82) is 0 Å². The summed E-state index contributed by atoms with van der Waals surface area (Å²) < 4.78 is 1.40. The first-order chi connectivity index (χ1) is 17.8. The van der Waals surface area contributed by atoms with Crippen LogP contribution in [-0.4, -0.2) is 0 Å². The fourth-order valence-corrected chi connectivity index (χ4v) is 7.40. The number of benzene rings is 3. The van der Waals surface area contributed by atoms with E-state index < -0.39 is 0 Å². The SMILES string of the molecule is Cc1c(C)c(C)c(-c2ccc(-c3ccc4sc5c(c4c3)C=CC(C3=CCC(C)C=C3)C5)cc2)c(C)c1C. The smallest absolute Gasteiger partial charge is 0.0352 e. The molecule has 0 spiro atoms. The van der Waals surface area contributed by atoms with Gasteiger partial charge in [0.2, 0.25) is 0 Å². The molecule has 1 heteroatoms. The van der Waals surface area contributed by atoms with Crippen molar-refractivity contribution in [3.05, 3.63) is 111 Å². The third-order valence-corrected chi connectivity index (χ3v) is 10.2. The van der Waals surface area contributed by atoms with Gasteiger partial charge in [-0.15, -0.1) is 11.3 Å².